The molecular weight excluding hydrogens is 156 g/mol. The number of nitrogens with two attached hydrogens (primary N) is 1. The number of primary amides is 1. The van der Waals surface area contributed by atoms with Gasteiger partial charge in [-0.2, -0.15) is 0 Å². The standard InChI is InChI=1S/C7H8N4O/c8-7(12)5-3-10-11-2-1-9-4-6(5)11/h1,3-4,10H,2H2,(H2,8,12). The van der Waals surface area contributed by atoms with Crippen LogP contribution in [0.3, 0.4) is 0 Å². The SMILES string of the molecule is NC(=O)C1=CNN2CC=NC=C12. The first-order valence-corrected chi connectivity index (χ1v) is 3.55. The fraction of sp³-hybridized carbons (Fsp3) is 0.143. The van der Waals surface area contributed by atoms with E-state index in [1.165, 1.54) is 0 Å². The lowest BCUT2D eigenvalue weighted by atomic mass is 10.2. The van der Waals surface area contributed by atoms with Crippen LogP contribution in [0.5, 0.6) is 0 Å². The zero-order chi connectivity index (χ0) is 8.55. The first kappa shape index (κ1) is 6.90. The summed E-state index contributed by atoms with van der Waals surface area (Å²) in [4.78, 5) is 14.8. The van der Waals surface area contributed by atoms with Crippen molar-refractivity contribution in [1.29, 1.82) is 0 Å². The van der Waals surface area contributed by atoms with Crippen LogP contribution < -0.4 is 11.2 Å². The Morgan fingerprint density at radius 2 is 2.58 bits per heavy atom. The molecule has 0 unspecified atom stereocenters. The molecule has 0 fully saturated rings. The molecule has 2 heterocycles. The Kier molecular flexibility index (Phi) is 1.36. The highest BCUT2D eigenvalue weighted by atomic mass is 16.1. The van der Waals surface area contributed by atoms with Crippen LogP contribution in [0, 0.1) is 0 Å². The molecule has 0 saturated heterocycles. The van der Waals surface area contributed by atoms with Crippen LogP contribution >= 0.6 is 0 Å². The summed E-state index contributed by atoms with van der Waals surface area (Å²) in [7, 11) is 0. The number of fused-ring (bicyclic) bond motifs is 1. The molecule has 12 heavy (non-hydrogen) atoms. The number of carbonyl (C=O) groups is 1. The van der Waals surface area contributed by atoms with Crippen molar-refractivity contribution >= 4 is 12.1 Å². The zero-order valence-electron chi connectivity index (χ0n) is 6.32. The van der Waals surface area contributed by atoms with E-state index in [1.807, 2.05) is 0 Å². The van der Waals surface area contributed by atoms with Gasteiger partial charge in [0.2, 0.25) is 0 Å². The van der Waals surface area contributed by atoms with E-state index >= 15 is 0 Å². The van der Waals surface area contributed by atoms with Crippen molar-refractivity contribution < 1.29 is 4.79 Å². The summed E-state index contributed by atoms with van der Waals surface area (Å²) < 4.78 is 0. The maximum Gasteiger partial charge on any atom is 0.252 e. The lowest BCUT2D eigenvalue weighted by Gasteiger charge is -2.20. The molecule has 5 nitrogen and oxygen atoms in total. The topological polar surface area (TPSA) is 70.7 Å². The molecule has 0 aliphatic carbocycles. The average Bonchev–Trinajstić information content (AvgIpc) is 2.47. The minimum atomic E-state index is -0.437. The van der Waals surface area contributed by atoms with Gasteiger partial charge in [-0.1, -0.05) is 0 Å². The number of hydrogen-bond donors (Lipinski definition) is 2. The van der Waals surface area contributed by atoms with Crippen molar-refractivity contribution in [1.82, 2.24) is 10.4 Å². The van der Waals surface area contributed by atoms with Crippen LogP contribution in [-0.2, 0) is 4.79 Å². The van der Waals surface area contributed by atoms with Crippen molar-refractivity contribution in [2.45, 2.75) is 0 Å². The molecule has 62 valence electrons. The van der Waals surface area contributed by atoms with Gasteiger partial charge < -0.3 is 11.2 Å². The highest BCUT2D eigenvalue weighted by molar-refractivity contribution is 5.97. The number of carbonyl (C=O) groups excluding carboxylic acids is 1. The Morgan fingerprint density at radius 1 is 1.75 bits per heavy atom. The third-order valence-electron chi connectivity index (χ3n) is 1.76. The second-order valence-electron chi connectivity index (χ2n) is 2.51. The Labute approximate surface area is 69.2 Å². The van der Waals surface area contributed by atoms with Crippen LogP contribution in [0.25, 0.3) is 0 Å². The number of nitrogens with zero attached hydrogens (tertiary/aromatic N) is 2. The monoisotopic (exact) mass is 164 g/mol. The minimum absolute atomic E-state index is 0.437. The van der Waals surface area contributed by atoms with E-state index in [0.717, 1.165) is 5.70 Å². The predicted octanol–water partition coefficient (Wildman–Crippen LogP) is -0.898. The second kappa shape index (κ2) is 2.37. The number of hydrazine groups is 1. The van der Waals surface area contributed by atoms with Crippen LogP contribution in [0.4, 0.5) is 0 Å². The Balaban J connectivity index is 2.34. The summed E-state index contributed by atoms with van der Waals surface area (Å²) in [6.07, 6.45) is 4.94. The molecule has 0 spiro atoms. The van der Waals surface area contributed by atoms with Crippen molar-refractivity contribution in [2.24, 2.45) is 10.7 Å². The van der Waals surface area contributed by atoms with Gasteiger partial charge in [0.25, 0.3) is 5.91 Å². The normalized spacial score (nSPS) is 19.5. The first-order chi connectivity index (χ1) is 5.79. The van der Waals surface area contributed by atoms with Gasteiger partial charge in [0.1, 0.15) is 0 Å². The second-order valence-corrected chi connectivity index (χ2v) is 2.51. The molecule has 2 aliphatic rings. The lowest BCUT2D eigenvalue weighted by molar-refractivity contribution is -0.114. The quantitative estimate of drug-likeness (QED) is 0.527. The molecule has 0 aromatic carbocycles. The van der Waals surface area contributed by atoms with E-state index in [-0.39, 0.29) is 0 Å². The number of amides is 1. The van der Waals surface area contributed by atoms with Crippen molar-refractivity contribution in [3.8, 4) is 0 Å². The minimum Gasteiger partial charge on any atom is -0.365 e. The number of hydrogen-bond acceptors (Lipinski definition) is 4. The van der Waals surface area contributed by atoms with E-state index in [4.69, 9.17) is 5.73 Å². The van der Waals surface area contributed by atoms with Gasteiger partial charge in [-0.3, -0.25) is 14.8 Å². The smallest absolute Gasteiger partial charge is 0.252 e. The summed E-state index contributed by atoms with van der Waals surface area (Å²) in [6, 6.07) is 0. The van der Waals surface area contributed by atoms with Crippen molar-refractivity contribution in [2.75, 3.05) is 6.54 Å². The average molecular weight is 164 g/mol. The Hall–Kier alpha value is -1.78. The van der Waals surface area contributed by atoms with E-state index in [2.05, 4.69) is 10.4 Å². The molecule has 0 bridgehead atoms. The zero-order valence-corrected chi connectivity index (χ0v) is 6.32. The molecule has 5 heteroatoms. The Bertz CT molecular complexity index is 315. The third-order valence-corrected chi connectivity index (χ3v) is 1.76. The maximum absolute atomic E-state index is 10.9. The van der Waals surface area contributed by atoms with E-state index in [0.29, 0.717) is 12.1 Å². The summed E-state index contributed by atoms with van der Waals surface area (Å²) in [5, 5.41) is 1.80. The molecule has 2 aliphatic heterocycles. The maximum atomic E-state index is 10.9. The molecule has 2 rings (SSSR count). The molecule has 0 atom stereocenters. The summed E-state index contributed by atoms with van der Waals surface area (Å²) in [5.41, 5.74) is 9.26. The summed E-state index contributed by atoms with van der Waals surface area (Å²) >= 11 is 0. The molecule has 0 saturated carbocycles. The van der Waals surface area contributed by atoms with Gasteiger partial charge in [-0.05, 0) is 0 Å². The fourth-order valence-corrected chi connectivity index (χ4v) is 1.17. The predicted molar refractivity (Wildman–Crippen MR) is 43.7 cm³/mol. The van der Waals surface area contributed by atoms with Crippen molar-refractivity contribution in [3.05, 3.63) is 23.7 Å². The van der Waals surface area contributed by atoms with E-state index in [9.17, 15) is 4.79 Å². The van der Waals surface area contributed by atoms with Gasteiger partial charge in [0, 0.05) is 12.4 Å². The molecule has 1 amide bonds. The van der Waals surface area contributed by atoms with Gasteiger partial charge in [-0.15, -0.1) is 0 Å². The molecular formula is C7H8N4O. The highest BCUT2D eigenvalue weighted by Gasteiger charge is 2.24. The third kappa shape index (κ3) is 0.868. The summed E-state index contributed by atoms with van der Waals surface area (Å²) in [5.74, 6) is -0.437. The van der Waals surface area contributed by atoms with Gasteiger partial charge in [-0.25, -0.2) is 0 Å². The van der Waals surface area contributed by atoms with Crippen molar-refractivity contribution in [3.63, 3.8) is 0 Å². The first-order valence-electron chi connectivity index (χ1n) is 3.55. The highest BCUT2D eigenvalue weighted by Crippen LogP contribution is 2.19. The van der Waals surface area contributed by atoms with Gasteiger partial charge in [0.05, 0.1) is 24.0 Å². The molecule has 3 N–H and O–H groups in total. The molecule has 0 aromatic rings. The molecule has 0 aromatic heterocycles. The molecule has 0 radical (unpaired) electrons. The fourth-order valence-electron chi connectivity index (χ4n) is 1.17. The number of rotatable bonds is 1. The van der Waals surface area contributed by atoms with E-state index < -0.39 is 5.91 Å². The van der Waals surface area contributed by atoms with Gasteiger partial charge in [0.15, 0.2) is 0 Å². The van der Waals surface area contributed by atoms with Gasteiger partial charge >= 0.3 is 0 Å². The van der Waals surface area contributed by atoms with Crippen LogP contribution in [0.15, 0.2) is 28.7 Å². The number of aliphatic imine (C=N–C) groups is 1. The number of nitrogens with one attached hydrogen (secondary N) is 1. The largest absolute Gasteiger partial charge is 0.365 e. The van der Waals surface area contributed by atoms with Crippen LogP contribution in [0.2, 0.25) is 0 Å². The Morgan fingerprint density at radius 3 is 3.33 bits per heavy atom. The summed E-state index contributed by atoms with van der Waals surface area (Å²) in [6.45, 7) is 0.652. The van der Waals surface area contributed by atoms with Crippen LogP contribution in [-0.4, -0.2) is 23.7 Å². The lowest BCUT2D eigenvalue weighted by Crippen LogP contribution is -2.32. The van der Waals surface area contributed by atoms with Crippen LogP contribution in [0.1, 0.15) is 0 Å². The van der Waals surface area contributed by atoms with E-state index in [1.54, 1.807) is 23.6 Å².